The molecule has 6 rings (SSSR count). The maximum absolute atomic E-state index is 14.6. The highest BCUT2D eigenvalue weighted by atomic mass is 35.5. The molecule has 2 atom stereocenters. The number of fused-ring (bicyclic) bond motifs is 5. The second kappa shape index (κ2) is 12.2. The maximum atomic E-state index is 14.6. The minimum atomic E-state index is -5.05. The standard InChI is InChI=1S/C30H23B4ClF7N8/c1-11-21-22(24(46-11)14-5-12(36)3-4-17(14)35)18(47-26(43)15-6-13(37)7-16(23(15)48-44)29(40,41)42)8-19-25(21)50-27(49(19)9-20(38)39)45-10-28(2,31)34-30(50,32)33/h3-8,20,24,46,48H,1,9-10,44H2,2H3,(H2,43,47). The predicted octanol–water partition coefficient (Wildman–Crippen LogP) is 4.84. The van der Waals surface area contributed by atoms with E-state index in [1.165, 1.54) is 24.3 Å². The summed E-state index contributed by atoms with van der Waals surface area (Å²) in [6.07, 6.45) is -7.98. The summed E-state index contributed by atoms with van der Waals surface area (Å²) in [6.45, 7) is 4.67. The third-order valence-corrected chi connectivity index (χ3v) is 8.68. The molecule has 50 heavy (non-hydrogen) atoms. The Balaban J connectivity index is 1.69. The number of nitrogens with two attached hydrogens (primary N) is 2. The normalized spacial score (nSPS) is 21.3. The van der Waals surface area contributed by atoms with Crippen LogP contribution in [0.15, 0.2) is 53.0 Å². The summed E-state index contributed by atoms with van der Waals surface area (Å²) >= 11 is 6.52. The Labute approximate surface area is 291 Å². The molecule has 2 unspecified atom stereocenters. The number of nitrogens with zero attached hydrogens (tertiary/aromatic N) is 4. The van der Waals surface area contributed by atoms with Crippen molar-refractivity contribution in [2.75, 3.05) is 28.3 Å². The van der Waals surface area contributed by atoms with Gasteiger partial charge in [-0.15, -0.1) is 0 Å². The lowest BCUT2D eigenvalue weighted by Crippen LogP contribution is -2.60. The second-order valence-corrected chi connectivity index (χ2v) is 12.7. The SMILES string of the molecule is [B]C1(C)[B]C([B])([B])N2C(=NC1)N(CC(F)F)c1cc(N=C(N)c3cc(F)cc(C(F)(F)F)c3NN)c3c(c12)C(=C)NC3c1cc(F)ccc1Cl. The third kappa shape index (κ3) is 6.08. The topological polar surface area (TPSA) is 107 Å². The van der Waals surface area contributed by atoms with Gasteiger partial charge in [0.15, 0.2) is 0 Å². The summed E-state index contributed by atoms with van der Waals surface area (Å²) in [7, 11) is 21.0. The van der Waals surface area contributed by atoms with E-state index in [1.54, 1.807) is 6.92 Å². The molecule has 0 bridgehead atoms. The molecule has 0 saturated carbocycles. The molecule has 3 aliphatic heterocycles. The monoisotopic (exact) mass is 707 g/mol. The summed E-state index contributed by atoms with van der Waals surface area (Å²) in [5.74, 6) is 2.72. The Kier molecular flexibility index (Phi) is 8.69. The summed E-state index contributed by atoms with van der Waals surface area (Å²) in [6, 6.07) is 4.73. The molecular weight excluding hydrogens is 684 g/mol. The lowest BCUT2D eigenvalue weighted by molar-refractivity contribution is -0.137. The molecule has 0 aliphatic carbocycles. The maximum Gasteiger partial charge on any atom is 0.418 e. The first-order valence-electron chi connectivity index (χ1n) is 14.7. The third-order valence-electron chi connectivity index (χ3n) is 8.33. The van der Waals surface area contributed by atoms with Crippen molar-refractivity contribution in [3.05, 3.63) is 87.5 Å². The van der Waals surface area contributed by atoms with Crippen molar-refractivity contribution in [2.45, 2.75) is 36.0 Å². The largest absolute Gasteiger partial charge is 0.418 e. The van der Waals surface area contributed by atoms with Crippen molar-refractivity contribution >= 4 is 82.7 Å². The van der Waals surface area contributed by atoms with Crippen molar-refractivity contribution in [1.29, 1.82) is 0 Å². The summed E-state index contributed by atoms with van der Waals surface area (Å²) in [5, 5.41) is 0.0911. The zero-order valence-electron chi connectivity index (χ0n) is 26.0. The molecule has 20 heteroatoms. The minimum absolute atomic E-state index is 0.0324. The van der Waals surface area contributed by atoms with Crippen molar-refractivity contribution in [3.8, 4) is 0 Å². The van der Waals surface area contributed by atoms with Gasteiger partial charge >= 0.3 is 6.18 Å². The van der Waals surface area contributed by atoms with Crippen molar-refractivity contribution in [1.82, 2.24) is 5.32 Å². The van der Waals surface area contributed by atoms with Crippen molar-refractivity contribution < 1.29 is 30.7 Å². The molecule has 0 spiro atoms. The van der Waals surface area contributed by atoms with Crippen LogP contribution in [0.2, 0.25) is 10.2 Å². The van der Waals surface area contributed by atoms with Crippen LogP contribution in [0.1, 0.15) is 40.8 Å². The molecule has 6 N–H and O–H groups in total. The van der Waals surface area contributed by atoms with E-state index in [0.29, 0.717) is 6.07 Å². The van der Waals surface area contributed by atoms with Gasteiger partial charge in [-0.3, -0.25) is 10.8 Å². The first-order valence-corrected chi connectivity index (χ1v) is 15.1. The van der Waals surface area contributed by atoms with Gasteiger partial charge in [0.25, 0.3) is 6.43 Å². The lowest BCUT2D eigenvalue weighted by atomic mass is 9.26. The van der Waals surface area contributed by atoms with Gasteiger partial charge in [-0.25, -0.2) is 22.6 Å². The fraction of sp³-hybridized carbons (Fsp3) is 0.267. The number of benzene rings is 3. The molecule has 0 amide bonds. The molecule has 3 aromatic rings. The molecule has 3 heterocycles. The number of anilines is 3. The first kappa shape index (κ1) is 35.6. The van der Waals surface area contributed by atoms with Gasteiger partial charge in [0.1, 0.15) is 24.7 Å². The Morgan fingerprint density at radius 1 is 1.20 bits per heavy atom. The van der Waals surface area contributed by atoms with Crippen LogP contribution in [-0.2, 0) is 6.18 Å². The van der Waals surface area contributed by atoms with E-state index in [9.17, 15) is 30.7 Å². The number of hydrogen-bond acceptors (Lipinski definition) is 7. The number of guanidine groups is 1. The van der Waals surface area contributed by atoms with Gasteiger partial charge in [0.05, 0.1) is 64.4 Å². The fourth-order valence-corrected chi connectivity index (χ4v) is 6.72. The molecule has 3 aromatic carbocycles. The summed E-state index contributed by atoms with van der Waals surface area (Å²) < 4.78 is 99.3. The highest BCUT2D eigenvalue weighted by Gasteiger charge is 2.49. The van der Waals surface area contributed by atoms with Gasteiger partial charge in [-0.05, 0) is 36.4 Å². The number of hydrogen-bond donors (Lipinski definition) is 4. The molecule has 0 aromatic heterocycles. The van der Waals surface area contributed by atoms with E-state index in [1.807, 2.05) is 5.43 Å². The fourth-order valence-electron chi connectivity index (χ4n) is 6.50. The number of halogens is 8. The van der Waals surface area contributed by atoms with Gasteiger partial charge in [0.2, 0.25) is 5.96 Å². The van der Waals surface area contributed by atoms with Gasteiger partial charge in [-0.2, -0.15) is 13.2 Å². The molecule has 8 nitrogen and oxygen atoms in total. The molecule has 3 aliphatic rings. The molecule has 0 saturated heterocycles. The Morgan fingerprint density at radius 2 is 1.90 bits per heavy atom. The molecule has 7 radical (unpaired) electrons. The van der Waals surface area contributed by atoms with Crippen LogP contribution < -0.4 is 32.1 Å². The quantitative estimate of drug-likeness (QED) is 0.0731. The number of amidine groups is 1. The second-order valence-electron chi connectivity index (χ2n) is 12.3. The number of nitrogens with one attached hydrogen (secondary N) is 2. The van der Waals surface area contributed by atoms with Crippen LogP contribution in [0.3, 0.4) is 0 Å². The van der Waals surface area contributed by atoms with Gasteiger partial charge in [-0.1, -0.05) is 35.6 Å². The van der Waals surface area contributed by atoms with Crippen LogP contribution in [-0.4, -0.2) is 67.4 Å². The molecular formula is C30H23B4ClF7N8. The number of hydrazine groups is 1. The Hall–Kier alpha value is -4.24. The average Bonchev–Trinajstić information content (AvgIpc) is 3.47. The van der Waals surface area contributed by atoms with Crippen LogP contribution in [0.5, 0.6) is 0 Å². The number of nitrogen functional groups attached to an aromatic ring is 1. The number of aliphatic imine (C=N–C) groups is 2. The zero-order valence-corrected chi connectivity index (χ0v) is 26.8. The highest BCUT2D eigenvalue weighted by molar-refractivity contribution is 6.76. The van der Waals surface area contributed by atoms with Crippen LogP contribution >= 0.6 is 11.6 Å². The van der Waals surface area contributed by atoms with Crippen LogP contribution in [0.25, 0.3) is 5.70 Å². The Morgan fingerprint density at radius 3 is 2.54 bits per heavy atom. The van der Waals surface area contributed by atoms with E-state index >= 15 is 0 Å². The number of alkyl halides is 5. The van der Waals surface area contributed by atoms with E-state index in [-0.39, 0.29) is 63.0 Å². The molecule has 251 valence electrons. The van der Waals surface area contributed by atoms with Crippen LogP contribution in [0, 0.1) is 11.6 Å². The smallest absolute Gasteiger partial charge is 0.383 e. The van der Waals surface area contributed by atoms with Crippen molar-refractivity contribution in [3.63, 3.8) is 0 Å². The summed E-state index contributed by atoms with van der Waals surface area (Å²) in [5.41, 5.74) is 6.11. The first-order chi connectivity index (χ1) is 23.2. The molecule has 0 fully saturated rings. The Bertz CT molecular complexity index is 1990. The minimum Gasteiger partial charge on any atom is -0.383 e. The van der Waals surface area contributed by atoms with Gasteiger partial charge < -0.3 is 26.3 Å². The summed E-state index contributed by atoms with van der Waals surface area (Å²) in [4.78, 5) is 11.3. The zero-order chi connectivity index (χ0) is 36.7. The average molecular weight is 707 g/mol. The van der Waals surface area contributed by atoms with E-state index in [4.69, 9.17) is 46.7 Å². The number of rotatable bonds is 6. The lowest BCUT2D eigenvalue weighted by Gasteiger charge is -2.41. The van der Waals surface area contributed by atoms with Crippen LogP contribution in [0.4, 0.5) is 53.5 Å². The predicted molar refractivity (Wildman–Crippen MR) is 184 cm³/mol. The van der Waals surface area contributed by atoms with E-state index in [0.717, 1.165) is 17.0 Å². The highest BCUT2D eigenvalue weighted by Crippen LogP contribution is 2.55. The van der Waals surface area contributed by atoms with E-state index in [2.05, 4.69) is 21.9 Å². The van der Waals surface area contributed by atoms with E-state index < -0.39 is 69.9 Å². The van der Waals surface area contributed by atoms with Crippen molar-refractivity contribution in [2.24, 2.45) is 21.6 Å². The van der Waals surface area contributed by atoms with Gasteiger partial charge in [0, 0.05) is 39.5 Å².